The highest BCUT2D eigenvalue weighted by Crippen LogP contribution is 2.14. The van der Waals surface area contributed by atoms with Crippen molar-refractivity contribution in [1.29, 1.82) is 0 Å². The second-order valence-corrected chi connectivity index (χ2v) is 19.2. The Morgan fingerprint density at radius 1 is 0.288 bits per heavy atom. The van der Waals surface area contributed by atoms with E-state index in [0.29, 0.717) is 25.7 Å². The number of hydrogen-bond donors (Lipinski definition) is 0. The van der Waals surface area contributed by atoms with E-state index in [-0.39, 0.29) is 31.1 Å². The molecule has 1 unspecified atom stereocenters. The summed E-state index contributed by atoms with van der Waals surface area (Å²) in [6, 6.07) is 0. The number of esters is 3. The fraction of sp³-hybridized carbons (Fsp3) is 0.627. The molecule has 0 aromatic rings. The molecule has 0 aliphatic heterocycles. The molecule has 0 aliphatic carbocycles. The third-order valence-corrected chi connectivity index (χ3v) is 12.1. The van der Waals surface area contributed by atoms with Crippen LogP contribution in [0.4, 0.5) is 0 Å². The van der Waals surface area contributed by atoms with E-state index < -0.39 is 6.10 Å². The predicted octanol–water partition coefficient (Wildman–Crippen LogP) is 20.2. The van der Waals surface area contributed by atoms with Gasteiger partial charge in [0, 0.05) is 19.3 Å². The monoisotopic (exact) mass is 1010 g/mol. The Morgan fingerprint density at radius 3 is 0.877 bits per heavy atom. The zero-order valence-corrected chi connectivity index (χ0v) is 47.1. The smallest absolute Gasteiger partial charge is 0.306 e. The van der Waals surface area contributed by atoms with Crippen molar-refractivity contribution >= 4 is 17.9 Å². The first kappa shape index (κ1) is 68.6. The van der Waals surface area contributed by atoms with Gasteiger partial charge in [-0.15, -0.1) is 0 Å². The first-order valence-electron chi connectivity index (χ1n) is 29.7. The van der Waals surface area contributed by atoms with Crippen molar-refractivity contribution < 1.29 is 28.6 Å². The van der Waals surface area contributed by atoms with Crippen molar-refractivity contribution in [2.45, 2.75) is 258 Å². The summed E-state index contributed by atoms with van der Waals surface area (Å²) in [7, 11) is 0. The summed E-state index contributed by atoms with van der Waals surface area (Å²) >= 11 is 0. The average Bonchev–Trinajstić information content (AvgIpc) is 3.39. The normalized spacial score (nSPS) is 13.1. The summed E-state index contributed by atoms with van der Waals surface area (Å²) in [5, 5.41) is 0. The van der Waals surface area contributed by atoms with Gasteiger partial charge in [0.05, 0.1) is 0 Å². The number of carbonyl (C=O) groups is 3. The van der Waals surface area contributed by atoms with E-state index in [9.17, 15) is 14.4 Å². The van der Waals surface area contributed by atoms with Crippen LogP contribution >= 0.6 is 0 Å². The molecule has 0 saturated carbocycles. The van der Waals surface area contributed by atoms with Gasteiger partial charge in [-0.3, -0.25) is 14.4 Å². The highest BCUT2D eigenvalue weighted by atomic mass is 16.6. The molecule has 73 heavy (non-hydrogen) atoms. The number of carbonyl (C=O) groups excluding carboxylic acids is 3. The van der Waals surface area contributed by atoms with E-state index in [0.717, 1.165) is 128 Å². The van der Waals surface area contributed by atoms with Crippen molar-refractivity contribution in [3.63, 3.8) is 0 Å². The van der Waals surface area contributed by atoms with Gasteiger partial charge in [-0.2, -0.15) is 0 Å². The lowest BCUT2D eigenvalue weighted by atomic mass is 10.1. The average molecular weight is 1010 g/mol. The van der Waals surface area contributed by atoms with Crippen LogP contribution in [0.3, 0.4) is 0 Å². The van der Waals surface area contributed by atoms with Crippen molar-refractivity contribution in [1.82, 2.24) is 0 Å². The van der Waals surface area contributed by atoms with E-state index in [4.69, 9.17) is 14.2 Å². The minimum Gasteiger partial charge on any atom is -0.462 e. The van der Waals surface area contributed by atoms with Crippen LogP contribution in [-0.2, 0) is 28.6 Å². The first-order chi connectivity index (χ1) is 36.0. The Balaban J connectivity index is 4.19. The van der Waals surface area contributed by atoms with Gasteiger partial charge < -0.3 is 14.2 Å². The molecule has 0 heterocycles. The lowest BCUT2D eigenvalue weighted by molar-refractivity contribution is -0.167. The zero-order chi connectivity index (χ0) is 52.9. The molecule has 0 saturated heterocycles. The van der Waals surface area contributed by atoms with Crippen LogP contribution in [0.15, 0.2) is 134 Å². The van der Waals surface area contributed by atoms with Crippen LogP contribution in [-0.4, -0.2) is 37.2 Å². The molecular weight excluding hydrogens is 901 g/mol. The molecule has 0 aliphatic rings. The summed E-state index contributed by atoms with van der Waals surface area (Å²) in [4.78, 5) is 37.8. The summed E-state index contributed by atoms with van der Waals surface area (Å²) in [6.45, 7) is 6.39. The van der Waals surface area contributed by atoms with Gasteiger partial charge in [0.2, 0.25) is 0 Å². The predicted molar refractivity (Wildman–Crippen MR) is 316 cm³/mol. The van der Waals surface area contributed by atoms with Crippen molar-refractivity contribution in [3.8, 4) is 0 Å². The summed E-state index contributed by atoms with van der Waals surface area (Å²) in [6.07, 6.45) is 85.0. The van der Waals surface area contributed by atoms with Gasteiger partial charge in [0.25, 0.3) is 0 Å². The fourth-order valence-corrected chi connectivity index (χ4v) is 7.70. The summed E-state index contributed by atoms with van der Waals surface area (Å²) < 4.78 is 16.7. The van der Waals surface area contributed by atoms with Gasteiger partial charge in [0.1, 0.15) is 13.2 Å². The molecule has 0 fully saturated rings. The van der Waals surface area contributed by atoms with Gasteiger partial charge in [-0.25, -0.2) is 0 Å². The molecule has 412 valence electrons. The topological polar surface area (TPSA) is 78.9 Å². The number of hydrogen-bond acceptors (Lipinski definition) is 6. The largest absolute Gasteiger partial charge is 0.462 e. The first-order valence-corrected chi connectivity index (χ1v) is 29.7. The third kappa shape index (κ3) is 58.3. The minimum absolute atomic E-state index is 0.0970. The summed E-state index contributed by atoms with van der Waals surface area (Å²) in [5.41, 5.74) is 0. The zero-order valence-electron chi connectivity index (χ0n) is 47.1. The minimum atomic E-state index is -0.798. The molecular formula is C67H108O6. The molecule has 0 aromatic carbocycles. The molecule has 0 N–H and O–H groups in total. The van der Waals surface area contributed by atoms with Crippen LogP contribution in [0.1, 0.15) is 252 Å². The fourth-order valence-electron chi connectivity index (χ4n) is 7.70. The van der Waals surface area contributed by atoms with Crippen molar-refractivity contribution in [2.24, 2.45) is 0 Å². The van der Waals surface area contributed by atoms with Crippen molar-refractivity contribution in [3.05, 3.63) is 134 Å². The van der Waals surface area contributed by atoms with Gasteiger partial charge >= 0.3 is 17.9 Å². The Kier molecular flexibility index (Phi) is 56.4. The van der Waals surface area contributed by atoms with E-state index in [2.05, 4.69) is 154 Å². The van der Waals surface area contributed by atoms with Crippen LogP contribution in [0, 0.1) is 0 Å². The molecule has 0 radical (unpaired) electrons. The standard InChI is InChI=1S/C67H108O6/c1-4-7-10-13-15-17-19-21-23-25-26-27-28-29-30-31-32-33-34-35-36-37-38-39-40-42-43-45-47-49-51-54-57-60-66(69)72-63-64(62-71-65(68)59-56-53-12-9-6-3)73-67(70)61-58-55-52-50-48-46-44-41-24-22-20-18-16-14-11-8-5-2/h7,10,15,17,21-24,26-27,29-30,32-33,35-36,38-39,42-43,47,49,64H,4-6,8-9,11-14,16,18-20,25,28,31,34,37,40-41,44-46,48,50-63H2,1-3H3/b10-7-,17-15-,23-21-,24-22-,27-26-,30-29-,33-32-,36-35-,39-38-,43-42-,49-47-. The molecule has 0 aromatic heterocycles. The SMILES string of the molecule is CC/C=C\C/C=C\C/C=C\C/C=C\C/C=C\C/C=C\C/C=C\C/C=C\C/C=C\C/C=C\CCCCC(=O)OCC(COC(=O)CCCCCCC)OC(=O)CCCCCCCCC/C=C\CCCCCCCC. The maximum absolute atomic E-state index is 12.8. The quantitative estimate of drug-likeness (QED) is 0.0261. The molecule has 0 bridgehead atoms. The lowest BCUT2D eigenvalue weighted by Gasteiger charge is -2.18. The number of rotatable bonds is 52. The van der Waals surface area contributed by atoms with E-state index in [1.807, 2.05) is 0 Å². The Labute approximate surface area is 449 Å². The molecule has 6 heteroatoms. The van der Waals surface area contributed by atoms with Crippen molar-refractivity contribution in [2.75, 3.05) is 13.2 Å². The Hall–Kier alpha value is -4.45. The van der Waals surface area contributed by atoms with Gasteiger partial charge in [-0.05, 0) is 122 Å². The van der Waals surface area contributed by atoms with E-state index >= 15 is 0 Å². The van der Waals surface area contributed by atoms with E-state index in [1.165, 1.54) is 77.0 Å². The van der Waals surface area contributed by atoms with Crippen LogP contribution in [0.25, 0.3) is 0 Å². The molecule has 0 rings (SSSR count). The Morgan fingerprint density at radius 2 is 0.534 bits per heavy atom. The molecule has 0 amide bonds. The van der Waals surface area contributed by atoms with Gasteiger partial charge in [-0.1, -0.05) is 244 Å². The van der Waals surface area contributed by atoms with Crippen LogP contribution < -0.4 is 0 Å². The summed E-state index contributed by atoms with van der Waals surface area (Å²) in [5.74, 6) is -0.965. The van der Waals surface area contributed by atoms with Crippen LogP contribution in [0.2, 0.25) is 0 Å². The van der Waals surface area contributed by atoms with Gasteiger partial charge in [0.15, 0.2) is 6.10 Å². The number of allylic oxidation sites excluding steroid dienone is 22. The second kappa shape index (κ2) is 60.1. The Bertz CT molecular complexity index is 1580. The highest BCUT2D eigenvalue weighted by molar-refractivity contribution is 5.71. The highest BCUT2D eigenvalue weighted by Gasteiger charge is 2.19. The molecule has 6 nitrogen and oxygen atoms in total. The number of ether oxygens (including phenoxy) is 3. The maximum Gasteiger partial charge on any atom is 0.306 e. The lowest BCUT2D eigenvalue weighted by Crippen LogP contribution is -2.30. The third-order valence-electron chi connectivity index (χ3n) is 12.1. The number of unbranched alkanes of at least 4 members (excludes halogenated alkanes) is 19. The van der Waals surface area contributed by atoms with Crippen LogP contribution in [0.5, 0.6) is 0 Å². The second-order valence-electron chi connectivity index (χ2n) is 19.2. The molecule has 1 atom stereocenters. The maximum atomic E-state index is 12.8. The van der Waals surface area contributed by atoms with E-state index in [1.54, 1.807) is 0 Å². The molecule has 0 spiro atoms.